The van der Waals surface area contributed by atoms with Crippen molar-refractivity contribution in [3.05, 3.63) is 47.1 Å². The van der Waals surface area contributed by atoms with Crippen LogP contribution in [0.2, 0.25) is 0 Å². The van der Waals surface area contributed by atoms with Gasteiger partial charge in [-0.05, 0) is 67.1 Å². The summed E-state index contributed by atoms with van der Waals surface area (Å²) in [6.07, 6.45) is 2.69. The van der Waals surface area contributed by atoms with Crippen molar-refractivity contribution in [1.29, 1.82) is 0 Å². The zero-order valence-electron chi connectivity index (χ0n) is 21.8. The fourth-order valence-electron chi connectivity index (χ4n) is 4.59. The van der Waals surface area contributed by atoms with Crippen LogP contribution in [0.4, 0.5) is 10.6 Å². The maximum atomic E-state index is 14.0. The van der Waals surface area contributed by atoms with Gasteiger partial charge in [0.15, 0.2) is 5.65 Å². The number of fused-ring (bicyclic) bond motifs is 1. The largest absolute Gasteiger partial charge is 0.445 e. The highest BCUT2D eigenvalue weighted by Crippen LogP contribution is 2.37. The Bertz CT molecular complexity index is 1190. The van der Waals surface area contributed by atoms with Crippen molar-refractivity contribution in [3.63, 3.8) is 0 Å². The molecular formula is C27H35BrN4O4. The Kier molecular flexibility index (Phi) is 7.61. The Hall–Kier alpha value is -2.65. The number of para-hydroxylation sites is 1. The number of anilines is 1. The van der Waals surface area contributed by atoms with Crippen molar-refractivity contribution in [2.45, 2.75) is 66.0 Å². The molecule has 4 rings (SSSR count). The van der Waals surface area contributed by atoms with Crippen molar-refractivity contribution in [1.82, 2.24) is 14.6 Å². The van der Waals surface area contributed by atoms with Crippen molar-refractivity contribution in [2.75, 3.05) is 18.1 Å². The minimum absolute atomic E-state index is 0.231. The summed E-state index contributed by atoms with van der Waals surface area (Å²) in [4.78, 5) is 20.2. The Morgan fingerprint density at radius 1 is 1.14 bits per heavy atom. The summed E-state index contributed by atoms with van der Waals surface area (Å²) in [6, 6.07) is 11.1. The Morgan fingerprint density at radius 2 is 1.81 bits per heavy atom. The van der Waals surface area contributed by atoms with Gasteiger partial charge in [0.2, 0.25) is 5.88 Å². The van der Waals surface area contributed by atoms with Gasteiger partial charge >= 0.3 is 6.09 Å². The third-order valence-electron chi connectivity index (χ3n) is 6.21. The number of nitrogens with zero attached hydrogens (tertiary/aromatic N) is 4. The molecule has 0 bridgehead atoms. The molecule has 1 unspecified atom stereocenters. The van der Waals surface area contributed by atoms with Gasteiger partial charge < -0.3 is 14.2 Å². The molecule has 1 saturated heterocycles. The Labute approximate surface area is 221 Å². The van der Waals surface area contributed by atoms with Crippen molar-refractivity contribution in [3.8, 4) is 11.6 Å². The second-order valence-electron chi connectivity index (χ2n) is 11.2. The van der Waals surface area contributed by atoms with E-state index < -0.39 is 11.6 Å². The molecule has 9 heteroatoms. The first-order chi connectivity index (χ1) is 16.9. The molecule has 1 fully saturated rings. The quantitative estimate of drug-likeness (QED) is 0.340. The standard InChI is InChI=1S/C27H35BrN4O4/c1-26(2,3)23(18-12-14-34-15-13-18)36-25(33)31(27(4,5)6)22-16-21(35-19-10-8-7-9-11-19)30-24-20(28)17-29-32(22)24/h7-11,16-18,23H,12-15H2,1-6H3. The molecule has 1 aliphatic heterocycles. The van der Waals surface area contributed by atoms with Crippen LogP contribution in [0.5, 0.6) is 11.6 Å². The van der Waals surface area contributed by atoms with Crippen LogP contribution in [0.15, 0.2) is 47.1 Å². The Morgan fingerprint density at radius 3 is 2.42 bits per heavy atom. The summed E-state index contributed by atoms with van der Waals surface area (Å²) in [6.45, 7) is 13.6. The topological polar surface area (TPSA) is 78.2 Å². The molecule has 8 nitrogen and oxygen atoms in total. The summed E-state index contributed by atoms with van der Waals surface area (Å²) in [7, 11) is 0. The lowest BCUT2D eigenvalue weighted by Gasteiger charge is -2.41. The lowest BCUT2D eigenvalue weighted by Crippen LogP contribution is -2.51. The lowest BCUT2D eigenvalue weighted by atomic mass is 9.78. The smallest absolute Gasteiger partial charge is 0.416 e. The number of carbonyl (C=O) groups is 1. The highest BCUT2D eigenvalue weighted by Gasteiger charge is 2.40. The van der Waals surface area contributed by atoms with Crippen LogP contribution in [0.1, 0.15) is 54.4 Å². The van der Waals surface area contributed by atoms with E-state index in [0.717, 1.165) is 12.8 Å². The van der Waals surface area contributed by atoms with E-state index in [1.807, 2.05) is 51.1 Å². The molecule has 0 N–H and O–H groups in total. The molecule has 1 amide bonds. The van der Waals surface area contributed by atoms with E-state index in [9.17, 15) is 4.79 Å². The third-order valence-corrected chi connectivity index (χ3v) is 6.77. The number of halogens is 1. The fourth-order valence-corrected chi connectivity index (χ4v) is 4.94. The molecule has 0 spiro atoms. The average molecular weight is 560 g/mol. The number of benzene rings is 1. The monoisotopic (exact) mass is 558 g/mol. The molecule has 1 atom stereocenters. The molecular weight excluding hydrogens is 524 g/mol. The predicted octanol–water partition coefficient (Wildman–Crippen LogP) is 6.87. The lowest BCUT2D eigenvalue weighted by molar-refractivity contribution is -0.0468. The van der Waals surface area contributed by atoms with Gasteiger partial charge in [-0.15, -0.1) is 0 Å². The number of ether oxygens (including phenoxy) is 3. The third kappa shape index (κ3) is 5.83. The van der Waals surface area contributed by atoms with Crippen LogP contribution < -0.4 is 9.64 Å². The van der Waals surface area contributed by atoms with Gasteiger partial charge in [-0.25, -0.2) is 4.79 Å². The molecule has 1 aliphatic rings. The van der Waals surface area contributed by atoms with Gasteiger partial charge in [0, 0.05) is 30.7 Å². The van der Waals surface area contributed by atoms with Crippen LogP contribution >= 0.6 is 15.9 Å². The molecule has 1 aromatic carbocycles. The molecule has 3 heterocycles. The molecule has 0 radical (unpaired) electrons. The van der Waals surface area contributed by atoms with Gasteiger partial charge in [-0.1, -0.05) is 39.0 Å². The van der Waals surface area contributed by atoms with Gasteiger partial charge in [-0.3, -0.25) is 4.90 Å². The SMILES string of the molecule is CC(C)(C)C(OC(=O)N(c1cc(Oc2ccccc2)nc2c(Br)cnn12)C(C)(C)C)C1CCOCC1. The maximum absolute atomic E-state index is 14.0. The fraction of sp³-hybridized carbons (Fsp3) is 0.519. The second kappa shape index (κ2) is 10.4. The van der Waals surface area contributed by atoms with Crippen LogP contribution in [0.3, 0.4) is 0 Å². The van der Waals surface area contributed by atoms with E-state index in [1.165, 1.54) is 0 Å². The van der Waals surface area contributed by atoms with Gasteiger partial charge in [0.05, 0.1) is 10.7 Å². The van der Waals surface area contributed by atoms with Gasteiger partial charge in [-0.2, -0.15) is 14.6 Å². The minimum atomic E-state index is -0.619. The van der Waals surface area contributed by atoms with E-state index in [1.54, 1.807) is 21.7 Å². The number of aromatic nitrogens is 3. The number of rotatable bonds is 5. The first-order valence-electron chi connectivity index (χ1n) is 12.3. The predicted molar refractivity (Wildman–Crippen MR) is 143 cm³/mol. The van der Waals surface area contributed by atoms with E-state index in [-0.39, 0.29) is 17.4 Å². The van der Waals surface area contributed by atoms with Crippen molar-refractivity contribution >= 4 is 33.5 Å². The second-order valence-corrected chi connectivity index (χ2v) is 12.1. The van der Waals surface area contributed by atoms with E-state index in [4.69, 9.17) is 14.2 Å². The average Bonchev–Trinajstić information content (AvgIpc) is 3.18. The van der Waals surface area contributed by atoms with E-state index in [0.29, 0.717) is 40.8 Å². The Balaban J connectivity index is 1.75. The highest BCUT2D eigenvalue weighted by atomic mass is 79.9. The van der Waals surface area contributed by atoms with Gasteiger partial charge in [0.25, 0.3) is 0 Å². The van der Waals surface area contributed by atoms with E-state index >= 15 is 0 Å². The van der Waals surface area contributed by atoms with Crippen molar-refractivity contribution in [2.24, 2.45) is 11.3 Å². The van der Waals surface area contributed by atoms with Gasteiger partial charge in [0.1, 0.15) is 17.7 Å². The number of carbonyl (C=O) groups excluding carboxylic acids is 1. The summed E-state index contributed by atoms with van der Waals surface area (Å²) in [5.74, 6) is 1.74. The maximum Gasteiger partial charge on any atom is 0.416 e. The molecule has 36 heavy (non-hydrogen) atoms. The minimum Gasteiger partial charge on any atom is -0.445 e. The summed E-state index contributed by atoms with van der Waals surface area (Å²) < 4.78 is 20.3. The van der Waals surface area contributed by atoms with Crippen LogP contribution in [-0.4, -0.2) is 45.5 Å². The molecule has 2 aromatic heterocycles. The zero-order valence-corrected chi connectivity index (χ0v) is 23.4. The van der Waals surface area contributed by atoms with Crippen LogP contribution in [0.25, 0.3) is 5.65 Å². The zero-order chi connectivity index (χ0) is 26.1. The number of amides is 1. The highest BCUT2D eigenvalue weighted by molar-refractivity contribution is 9.10. The molecule has 0 saturated carbocycles. The first-order valence-corrected chi connectivity index (χ1v) is 13.1. The molecule has 194 valence electrons. The van der Waals surface area contributed by atoms with Crippen molar-refractivity contribution < 1.29 is 19.0 Å². The van der Waals surface area contributed by atoms with Crippen LogP contribution in [0, 0.1) is 11.3 Å². The number of hydrogen-bond acceptors (Lipinski definition) is 6. The summed E-state index contributed by atoms with van der Waals surface area (Å²) in [5.41, 5.74) is -0.311. The molecule has 0 aliphatic carbocycles. The summed E-state index contributed by atoms with van der Waals surface area (Å²) in [5, 5.41) is 4.49. The normalized spacial score (nSPS) is 16.1. The summed E-state index contributed by atoms with van der Waals surface area (Å²) >= 11 is 3.53. The van der Waals surface area contributed by atoms with Crippen LogP contribution in [-0.2, 0) is 9.47 Å². The number of hydrogen-bond donors (Lipinski definition) is 0. The van der Waals surface area contributed by atoms with E-state index in [2.05, 4.69) is 46.8 Å². The molecule has 3 aromatic rings. The first kappa shape index (κ1) is 26.4.